The summed E-state index contributed by atoms with van der Waals surface area (Å²) in [7, 11) is 0. The van der Waals surface area contributed by atoms with E-state index in [0.717, 1.165) is 25.1 Å². The van der Waals surface area contributed by atoms with Crippen LogP contribution in [0.4, 0.5) is 11.4 Å². The summed E-state index contributed by atoms with van der Waals surface area (Å²) in [5.74, 6) is 0. The topological polar surface area (TPSA) is 49.5 Å². The Labute approximate surface area is 90.5 Å². The molecular formula is C12H18N2O. The van der Waals surface area contributed by atoms with E-state index in [1.54, 1.807) is 0 Å². The van der Waals surface area contributed by atoms with Gasteiger partial charge in [0.25, 0.3) is 0 Å². The van der Waals surface area contributed by atoms with E-state index in [4.69, 9.17) is 5.73 Å². The fraction of sp³-hybridized carbons (Fsp3) is 0.500. The predicted molar refractivity (Wildman–Crippen MR) is 63.1 cm³/mol. The fourth-order valence-electron chi connectivity index (χ4n) is 2.24. The summed E-state index contributed by atoms with van der Waals surface area (Å²) >= 11 is 0. The minimum absolute atomic E-state index is 0.294. The smallest absolute Gasteiger partial charge is 0.0687 e. The van der Waals surface area contributed by atoms with Crippen LogP contribution in [0.1, 0.15) is 18.9 Å². The van der Waals surface area contributed by atoms with Gasteiger partial charge in [-0.3, -0.25) is 0 Å². The van der Waals surface area contributed by atoms with Crippen molar-refractivity contribution >= 4 is 11.4 Å². The average Bonchev–Trinajstić information content (AvgIpc) is 2.19. The number of nitrogen functional groups attached to an aromatic ring is 1. The molecule has 0 spiro atoms. The number of nitrogens with zero attached hydrogens (tertiary/aromatic N) is 1. The van der Waals surface area contributed by atoms with Crippen molar-refractivity contribution in [2.75, 3.05) is 23.7 Å². The molecule has 1 aliphatic rings. The van der Waals surface area contributed by atoms with Gasteiger partial charge in [-0.05, 0) is 37.5 Å². The first-order valence-corrected chi connectivity index (χ1v) is 5.49. The molecule has 0 radical (unpaired) electrons. The van der Waals surface area contributed by atoms with Crippen molar-refractivity contribution in [1.82, 2.24) is 0 Å². The van der Waals surface area contributed by atoms with Crippen molar-refractivity contribution in [1.29, 1.82) is 0 Å². The molecule has 3 nitrogen and oxygen atoms in total. The maximum absolute atomic E-state index is 9.43. The van der Waals surface area contributed by atoms with E-state index in [1.165, 1.54) is 11.3 Å². The normalized spacial score (nSPS) is 17.3. The summed E-state index contributed by atoms with van der Waals surface area (Å²) in [4.78, 5) is 2.22. The lowest BCUT2D eigenvalue weighted by Gasteiger charge is -2.32. The fourth-order valence-corrected chi connectivity index (χ4v) is 2.24. The van der Waals surface area contributed by atoms with Crippen molar-refractivity contribution in [2.45, 2.75) is 25.9 Å². The van der Waals surface area contributed by atoms with Crippen molar-refractivity contribution < 1.29 is 5.11 Å². The number of rotatable bonds is 2. The molecule has 3 heteroatoms. The Balaban J connectivity index is 2.30. The van der Waals surface area contributed by atoms with Gasteiger partial charge in [-0.1, -0.05) is 6.07 Å². The third-order valence-corrected chi connectivity index (χ3v) is 2.87. The number of benzene rings is 1. The van der Waals surface area contributed by atoms with Gasteiger partial charge in [0.15, 0.2) is 0 Å². The maximum atomic E-state index is 9.43. The number of aliphatic hydroxyl groups excluding tert-OH is 1. The Kier molecular flexibility index (Phi) is 2.82. The molecule has 2 rings (SSSR count). The second-order valence-corrected chi connectivity index (χ2v) is 4.24. The third kappa shape index (κ3) is 2.07. The molecule has 0 aliphatic carbocycles. The summed E-state index contributed by atoms with van der Waals surface area (Å²) in [5, 5.41) is 9.43. The highest BCUT2D eigenvalue weighted by Gasteiger charge is 2.19. The molecule has 1 aromatic rings. The highest BCUT2D eigenvalue weighted by Crippen LogP contribution is 2.31. The standard InChI is InChI=1S/C12H18N2O/c1-9(15)8-14-7-3-4-10-11(13)5-2-6-12(10)14/h2,5-6,9,15H,3-4,7-8,13H2,1H3. The minimum Gasteiger partial charge on any atom is -0.398 e. The van der Waals surface area contributed by atoms with Crippen molar-refractivity contribution in [3.05, 3.63) is 23.8 Å². The molecule has 0 fully saturated rings. The molecule has 1 atom stereocenters. The number of fused-ring (bicyclic) bond motifs is 1. The van der Waals surface area contributed by atoms with E-state index >= 15 is 0 Å². The van der Waals surface area contributed by atoms with Crippen LogP contribution in [-0.4, -0.2) is 24.3 Å². The summed E-state index contributed by atoms with van der Waals surface area (Å²) in [5.41, 5.74) is 9.26. The van der Waals surface area contributed by atoms with Crippen LogP contribution in [-0.2, 0) is 6.42 Å². The number of hydrogen-bond acceptors (Lipinski definition) is 3. The van der Waals surface area contributed by atoms with Gasteiger partial charge in [-0.15, -0.1) is 0 Å². The highest BCUT2D eigenvalue weighted by molar-refractivity contribution is 5.66. The molecule has 0 amide bonds. The summed E-state index contributed by atoms with van der Waals surface area (Å²) in [6.07, 6.45) is 1.88. The lowest BCUT2D eigenvalue weighted by molar-refractivity contribution is 0.199. The first kappa shape index (κ1) is 10.3. The van der Waals surface area contributed by atoms with E-state index < -0.39 is 0 Å². The Morgan fingerprint density at radius 3 is 3.07 bits per heavy atom. The Morgan fingerprint density at radius 1 is 1.53 bits per heavy atom. The van der Waals surface area contributed by atoms with Crippen LogP contribution in [0.3, 0.4) is 0 Å². The van der Waals surface area contributed by atoms with Crippen LogP contribution in [0.2, 0.25) is 0 Å². The molecule has 1 aliphatic heterocycles. The van der Waals surface area contributed by atoms with Gasteiger partial charge in [-0.2, -0.15) is 0 Å². The van der Waals surface area contributed by atoms with E-state index in [1.807, 2.05) is 19.1 Å². The van der Waals surface area contributed by atoms with Gasteiger partial charge in [0.05, 0.1) is 6.10 Å². The number of aliphatic hydroxyl groups is 1. The second-order valence-electron chi connectivity index (χ2n) is 4.24. The van der Waals surface area contributed by atoms with E-state index in [-0.39, 0.29) is 6.10 Å². The van der Waals surface area contributed by atoms with Crippen LogP contribution in [0.15, 0.2) is 18.2 Å². The summed E-state index contributed by atoms with van der Waals surface area (Å²) in [6.45, 7) is 3.53. The van der Waals surface area contributed by atoms with E-state index in [2.05, 4.69) is 11.0 Å². The quantitative estimate of drug-likeness (QED) is 0.719. The largest absolute Gasteiger partial charge is 0.398 e. The molecule has 1 unspecified atom stereocenters. The molecule has 1 aromatic carbocycles. The molecule has 82 valence electrons. The number of β-amino-alcohol motifs (C(OH)–C–C–N with tert-alkyl or cyclic N) is 1. The third-order valence-electron chi connectivity index (χ3n) is 2.87. The van der Waals surface area contributed by atoms with Crippen molar-refractivity contribution in [2.24, 2.45) is 0 Å². The number of anilines is 2. The monoisotopic (exact) mass is 206 g/mol. The molecule has 0 saturated heterocycles. The maximum Gasteiger partial charge on any atom is 0.0687 e. The lowest BCUT2D eigenvalue weighted by atomic mass is 9.99. The molecule has 15 heavy (non-hydrogen) atoms. The highest BCUT2D eigenvalue weighted by atomic mass is 16.3. The number of nitrogens with two attached hydrogens (primary N) is 1. The Bertz CT molecular complexity index is 349. The molecule has 0 saturated carbocycles. The van der Waals surface area contributed by atoms with Crippen molar-refractivity contribution in [3.8, 4) is 0 Å². The summed E-state index contributed by atoms with van der Waals surface area (Å²) in [6, 6.07) is 6.02. The molecule has 3 N–H and O–H groups in total. The molecule has 0 aromatic heterocycles. The zero-order valence-corrected chi connectivity index (χ0v) is 9.11. The molecule has 0 bridgehead atoms. The Hall–Kier alpha value is -1.22. The second kappa shape index (κ2) is 4.11. The van der Waals surface area contributed by atoms with Gasteiger partial charge in [0.2, 0.25) is 0 Å². The summed E-state index contributed by atoms with van der Waals surface area (Å²) < 4.78 is 0. The van der Waals surface area contributed by atoms with Crippen LogP contribution in [0.5, 0.6) is 0 Å². The predicted octanol–water partition coefficient (Wildman–Crippen LogP) is 1.40. The van der Waals surface area contributed by atoms with Crippen LogP contribution >= 0.6 is 0 Å². The zero-order valence-electron chi connectivity index (χ0n) is 9.11. The van der Waals surface area contributed by atoms with Gasteiger partial charge >= 0.3 is 0 Å². The van der Waals surface area contributed by atoms with Gasteiger partial charge in [-0.25, -0.2) is 0 Å². The minimum atomic E-state index is -0.294. The first-order chi connectivity index (χ1) is 7.18. The lowest BCUT2D eigenvalue weighted by Crippen LogP contribution is -2.35. The average molecular weight is 206 g/mol. The van der Waals surface area contributed by atoms with Crippen LogP contribution in [0, 0.1) is 0 Å². The SMILES string of the molecule is CC(O)CN1CCCc2c(N)cccc21. The van der Waals surface area contributed by atoms with Gasteiger partial charge in [0, 0.05) is 24.5 Å². The Morgan fingerprint density at radius 2 is 2.33 bits per heavy atom. The van der Waals surface area contributed by atoms with E-state index in [0.29, 0.717) is 6.54 Å². The molecular weight excluding hydrogens is 188 g/mol. The van der Waals surface area contributed by atoms with Gasteiger partial charge < -0.3 is 15.7 Å². The first-order valence-electron chi connectivity index (χ1n) is 5.49. The molecule has 1 heterocycles. The van der Waals surface area contributed by atoms with Crippen LogP contribution < -0.4 is 10.6 Å². The van der Waals surface area contributed by atoms with Gasteiger partial charge in [0.1, 0.15) is 0 Å². The zero-order chi connectivity index (χ0) is 10.8. The number of hydrogen-bond donors (Lipinski definition) is 2. The van der Waals surface area contributed by atoms with Crippen LogP contribution in [0.25, 0.3) is 0 Å². The van der Waals surface area contributed by atoms with E-state index in [9.17, 15) is 5.11 Å². The van der Waals surface area contributed by atoms with Crippen molar-refractivity contribution in [3.63, 3.8) is 0 Å².